The van der Waals surface area contributed by atoms with Crippen LogP contribution >= 0.6 is 0 Å². The lowest BCUT2D eigenvalue weighted by Crippen LogP contribution is -2.08. The molecule has 0 saturated heterocycles. The first-order chi connectivity index (χ1) is 14.6. The van der Waals surface area contributed by atoms with Gasteiger partial charge in [0.2, 0.25) is 11.5 Å². The van der Waals surface area contributed by atoms with E-state index in [2.05, 4.69) is 15.2 Å². The smallest absolute Gasteiger partial charge is 0.362 e. The Bertz CT molecular complexity index is 1130. The average Bonchev–Trinajstić information content (AvgIpc) is 3.41. The van der Waals surface area contributed by atoms with Crippen LogP contribution in [-0.2, 0) is 11.3 Å². The predicted molar refractivity (Wildman–Crippen MR) is 108 cm³/mol. The molecule has 0 bridgehead atoms. The average molecular weight is 404 g/mol. The number of hydrogen-bond acceptors (Lipinski definition) is 7. The van der Waals surface area contributed by atoms with Crippen molar-refractivity contribution in [1.29, 1.82) is 0 Å². The zero-order chi connectivity index (χ0) is 20.9. The summed E-state index contributed by atoms with van der Waals surface area (Å²) in [4.78, 5) is 16.7. The summed E-state index contributed by atoms with van der Waals surface area (Å²) >= 11 is 0. The van der Waals surface area contributed by atoms with Gasteiger partial charge in [0.05, 0.1) is 18.5 Å². The van der Waals surface area contributed by atoms with Crippen molar-refractivity contribution in [2.24, 2.45) is 0 Å². The van der Waals surface area contributed by atoms with Crippen LogP contribution in [0.2, 0.25) is 0 Å². The summed E-state index contributed by atoms with van der Waals surface area (Å²) in [6, 6.07) is 17.2. The number of para-hydroxylation sites is 1. The Kier molecular flexibility index (Phi) is 5.56. The molecule has 0 aliphatic carbocycles. The normalized spacial score (nSPS) is 10.7. The Morgan fingerprint density at radius 1 is 1.10 bits per heavy atom. The molecule has 0 radical (unpaired) electrons. The molecular weight excluding hydrogens is 384 g/mol. The zero-order valence-electron chi connectivity index (χ0n) is 16.6. The van der Waals surface area contributed by atoms with E-state index >= 15 is 0 Å². The third kappa shape index (κ3) is 4.22. The first-order valence-corrected chi connectivity index (χ1v) is 9.48. The number of carbonyl (C=O) groups excluding carboxylic acids is 1. The highest BCUT2D eigenvalue weighted by Crippen LogP contribution is 2.23. The third-order valence-electron chi connectivity index (χ3n) is 4.30. The van der Waals surface area contributed by atoms with Gasteiger partial charge in [0.1, 0.15) is 0 Å². The lowest BCUT2D eigenvalue weighted by molar-refractivity contribution is 0.0513. The van der Waals surface area contributed by atoms with E-state index in [1.54, 1.807) is 17.8 Å². The summed E-state index contributed by atoms with van der Waals surface area (Å²) in [5.74, 6) is 0.465. The van der Waals surface area contributed by atoms with Gasteiger partial charge in [-0.2, -0.15) is 10.1 Å². The van der Waals surface area contributed by atoms with Crippen LogP contribution in [0.5, 0.6) is 5.75 Å². The van der Waals surface area contributed by atoms with Crippen LogP contribution in [0.25, 0.3) is 17.1 Å². The van der Waals surface area contributed by atoms with Crippen LogP contribution in [0.15, 0.2) is 65.3 Å². The van der Waals surface area contributed by atoms with Gasteiger partial charge in [-0.15, -0.1) is 0 Å². The zero-order valence-corrected chi connectivity index (χ0v) is 16.6. The number of aryl methyl sites for hydroxylation is 1. The maximum Gasteiger partial charge on any atom is 0.362 e. The molecule has 30 heavy (non-hydrogen) atoms. The van der Waals surface area contributed by atoms with E-state index < -0.39 is 5.97 Å². The molecule has 2 heterocycles. The van der Waals surface area contributed by atoms with Crippen molar-refractivity contribution in [2.45, 2.75) is 20.5 Å². The van der Waals surface area contributed by atoms with Gasteiger partial charge < -0.3 is 14.0 Å². The molecule has 0 aliphatic heterocycles. The van der Waals surface area contributed by atoms with E-state index in [9.17, 15) is 4.79 Å². The number of ether oxygens (including phenoxy) is 2. The highest BCUT2D eigenvalue weighted by molar-refractivity contribution is 5.90. The molecular formula is C22H20N4O4. The van der Waals surface area contributed by atoms with Gasteiger partial charge in [-0.1, -0.05) is 53.2 Å². The topological polar surface area (TPSA) is 92.3 Å². The Labute approximate surface area is 173 Å². The van der Waals surface area contributed by atoms with E-state index in [4.69, 9.17) is 14.0 Å². The number of esters is 1. The maximum atomic E-state index is 12.3. The van der Waals surface area contributed by atoms with Crippen LogP contribution in [0.1, 0.15) is 28.9 Å². The predicted octanol–water partition coefficient (Wildman–Crippen LogP) is 3.99. The summed E-state index contributed by atoms with van der Waals surface area (Å²) in [6.45, 7) is 3.97. The molecule has 4 aromatic rings. The quantitative estimate of drug-likeness (QED) is 0.430. The molecule has 0 amide bonds. The molecule has 152 valence electrons. The van der Waals surface area contributed by atoms with Gasteiger partial charge in [0, 0.05) is 5.56 Å². The monoisotopic (exact) mass is 404 g/mol. The second-order valence-corrected chi connectivity index (χ2v) is 6.51. The number of hydrogen-bond donors (Lipinski definition) is 0. The molecule has 4 rings (SSSR count). The molecule has 0 unspecified atom stereocenters. The maximum absolute atomic E-state index is 12.3. The minimum absolute atomic E-state index is 0.00819. The van der Waals surface area contributed by atoms with Gasteiger partial charge >= 0.3 is 5.97 Å². The Morgan fingerprint density at radius 2 is 1.87 bits per heavy atom. The van der Waals surface area contributed by atoms with Gasteiger partial charge in [0.25, 0.3) is 5.89 Å². The molecule has 8 nitrogen and oxygen atoms in total. The van der Waals surface area contributed by atoms with Gasteiger partial charge in [0.15, 0.2) is 12.4 Å². The van der Waals surface area contributed by atoms with Crippen LogP contribution in [0, 0.1) is 6.92 Å². The third-order valence-corrected chi connectivity index (χ3v) is 4.30. The minimum Gasteiger partial charge on any atom is -0.479 e. The van der Waals surface area contributed by atoms with E-state index in [0.29, 0.717) is 5.82 Å². The molecule has 0 spiro atoms. The molecule has 8 heteroatoms. The Balaban J connectivity index is 1.54. The highest BCUT2D eigenvalue weighted by Gasteiger charge is 2.21. The fourth-order valence-electron chi connectivity index (χ4n) is 2.79. The molecule has 2 aromatic heterocycles. The van der Waals surface area contributed by atoms with E-state index in [1.165, 1.54) is 0 Å². The van der Waals surface area contributed by atoms with Crippen molar-refractivity contribution < 1.29 is 18.8 Å². The number of nitrogens with zero attached hydrogens (tertiary/aromatic N) is 4. The van der Waals surface area contributed by atoms with Crippen molar-refractivity contribution in [2.75, 3.05) is 6.61 Å². The lowest BCUT2D eigenvalue weighted by Gasteiger charge is -2.02. The number of aromatic nitrogens is 4. The summed E-state index contributed by atoms with van der Waals surface area (Å²) in [6.07, 6.45) is 1.62. The molecule has 0 fully saturated rings. The van der Waals surface area contributed by atoms with Crippen LogP contribution < -0.4 is 4.74 Å². The molecule has 0 saturated carbocycles. The van der Waals surface area contributed by atoms with Crippen molar-refractivity contribution in [1.82, 2.24) is 19.9 Å². The first kappa shape index (κ1) is 19.4. The molecule has 0 aliphatic rings. The van der Waals surface area contributed by atoms with Gasteiger partial charge in [-0.25, -0.2) is 9.48 Å². The summed E-state index contributed by atoms with van der Waals surface area (Å²) in [5.41, 5.74) is 2.86. The summed E-state index contributed by atoms with van der Waals surface area (Å²) < 4.78 is 17.7. The Morgan fingerprint density at radius 3 is 2.60 bits per heavy atom. The first-order valence-electron chi connectivity index (χ1n) is 9.48. The van der Waals surface area contributed by atoms with Crippen LogP contribution in [0.3, 0.4) is 0 Å². The Hall–Kier alpha value is -3.94. The standard InChI is InChI=1S/C22H20N4O4/c1-3-28-22(27)20-18(13-26(24-20)17-7-5-4-6-8-17)29-14-19-23-21(25-30-19)16-11-9-15(2)10-12-16/h4-13H,3,14H2,1-2H3. The largest absolute Gasteiger partial charge is 0.479 e. The summed E-state index contributed by atoms with van der Waals surface area (Å²) in [7, 11) is 0. The minimum atomic E-state index is -0.562. The second kappa shape index (κ2) is 8.60. The van der Waals surface area contributed by atoms with Gasteiger partial charge in [-0.05, 0) is 26.0 Å². The van der Waals surface area contributed by atoms with Crippen molar-refractivity contribution in [3.63, 3.8) is 0 Å². The lowest BCUT2D eigenvalue weighted by atomic mass is 10.1. The van der Waals surface area contributed by atoms with E-state index in [-0.39, 0.29) is 30.5 Å². The molecule has 0 atom stereocenters. The van der Waals surface area contributed by atoms with Crippen molar-refractivity contribution in [3.8, 4) is 22.8 Å². The molecule has 2 aromatic carbocycles. The van der Waals surface area contributed by atoms with E-state index in [1.807, 2.05) is 61.5 Å². The fraction of sp³-hybridized carbons (Fsp3) is 0.182. The van der Waals surface area contributed by atoms with Crippen molar-refractivity contribution in [3.05, 3.63) is 77.9 Å². The number of rotatable bonds is 7. The second-order valence-electron chi connectivity index (χ2n) is 6.51. The number of carbonyl (C=O) groups is 1. The van der Waals surface area contributed by atoms with Crippen LogP contribution in [0.4, 0.5) is 0 Å². The van der Waals surface area contributed by atoms with Crippen LogP contribution in [-0.4, -0.2) is 32.5 Å². The van der Waals surface area contributed by atoms with Gasteiger partial charge in [-0.3, -0.25) is 0 Å². The SMILES string of the molecule is CCOC(=O)c1nn(-c2ccccc2)cc1OCc1nc(-c2ccc(C)cc2)no1. The fourth-order valence-corrected chi connectivity index (χ4v) is 2.79. The van der Waals surface area contributed by atoms with Crippen molar-refractivity contribution >= 4 is 5.97 Å². The van der Waals surface area contributed by atoms with E-state index in [0.717, 1.165) is 16.8 Å². The number of benzene rings is 2. The summed E-state index contributed by atoms with van der Waals surface area (Å²) in [5, 5.41) is 8.31. The molecule has 0 N–H and O–H groups in total. The highest BCUT2D eigenvalue weighted by atomic mass is 16.5.